The average molecular weight is 265 g/mol. The zero-order valence-corrected chi connectivity index (χ0v) is 11.2. The van der Waals surface area contributed by atoms with Gasteiger partial charge in [0.25, 0.3) is 0 Å². The van der Waals surface area contributed by atoms with E-state index in [4.69, 9.17) is 4.74 Å². The molecule has 1 aliphatic heterocycles. The van der Waals surface area contributed by atoms with E-state index in [1.54, 1.807) is 0 Å². The van der Waals surface area contributed by atoms with Crippen LogP contribution in [0, 0.1) is 0 Å². The lowest BCUT2D eigenvalue weighted by Gasteiger charge is -2.34. The van der Waals surface area contributed by atoms with Crippen LogP contribution in [-0.4, -0.2) is 39.8 Å². The Bertz CT molecular complexity index is 456. The van der Waals surface area contributed by atoms with Crippen LogP contribution in [0.3, 0.4) is 0 Å². The van der Waals surface area contributed by atoms with Crippen molar-refractivity contribution in [2.75, 3.05) is 18.5 Å². The van der Waals surface area contributed by atoms with Crippen molar-refractivity contribution in [3.63, 3.8) is 0 Å². The highest BCUT2D eigenvalue weighted by atomic mass is 16.5. The highest BCUT2D eigenvalue weighted by Gasteiger charge is 2.40. The lowest BCUT2D eigenvalue weighted by Crippen LogP contribution is -2.50. The molecule has 0 unspecified atom stereocenters. The van der Waals surface area contributed by atoms with Crippen molar-refractivity contribution in [1.29, 1.82) is 0 Å². The van der Waals surface area contributed by atoms with E-state index < -0.39 is 11.5 Å². The summed E-state index contributed by atoms with van der Waals surface area (Å²) in [5.74, 6) is -0.0254. The standard InChI is InChI=1S/C13H19N3O3/c1-9(2)10-7-11(15-8-14-10)16-13(12(17)18)3-5-19-6-4-13/h7-9H,3-6H2,1-2H3,(H,17,18)(H,14,15,16). The van der Waals surface area contributed by atoms with Crippen molar-refractivity contribution in [3.8, 4) is 0 Å². The first-order valence-corrected chi connectivity index (χ1v) is 6.45. The molecule has 0 spiro atoms. The topological polar surface area (TPSA) is 84.3 Å². The predicted molar refractivity (Wildman–Crippen MR) is 70.2 cm³/mol. The summed E-state index contributed by atoms with van der Waals surface area (Å²) in [6, 6.07) is 1.81. The van der Waals surface area contributed by atoms with E-state index in [-0.39, 0.29) is 5.92 Å². The van der Waals surface area contributed by atoms with Crippen molar-refractivity contribution in [3.05, 3.63) is 18.1 Å². The number of hydrogen-bond acceptors (Lipinski definition) is 5. The highest BCUT2D eigenvalue weighted by Crippen LogP contribution is 2.26. The predicted octanol–water partition coefficient (Wildman–Crippen LogP) is 1.65. The summed E-state index contributed by atoms with van der Waals surface area (Å²) in [4.78, 5) is 19.8. The second-order valence-electron chi connectivity index (χ2n) is 5.11. The monoisotopic (exact) mass is 265 g/mol. The van der Waals surface area contributed by atoms with Gasteiger partial charge in [-0.1, -0.05) is 13.8 Å². The summed E-state index contributed by atoms with van der Waals surface area (Å²) in [7, 11) is 0. The second kappa shape index (κ2) is 5.52. The number of carboxylic acids is 1. The van der Waals surface area contributed by atoms with Gasteiger partial charge in [0.2, 0.25) is 0 Å². The van der Waals surface area contributed by atoms with Gasteiger partial charge >= 0.3 is 5.97 Å². The summed E-state index contributed by atoms with van der Waals surface area (Å²) < 4.78 is 5.24. The number of nitrogens with zero attached hydrogens (tertiary/aromatic N) is 2. The first kappa shape index (κ1) is 13.7. The maximum atomic E-state index is 11.5. The van der Waals surface area contributed by atoms with Crippen LogP contribution < -0.4 is 5.32 Å². The van der Waals surface area contributed by atoms with Crippen LogP contribution in [-0.2, 0) is 9.53 Å². The first-order chi connectivity index (χ1) is 9.03. The van der Waals surface area contributed by atoms with Crippen LogP contribution in [0.2, 0.25) is 0 Å². The summed E-state index contributed by atoms with van der Waals surface area (Å²) >= 11 is 0. The first-order valence-electron chi connectivity index (χ1n) is 6.45. The average Bonchev–Trinajstić information content (AvgIpc) is 2.40. The molecule has 104 valence electrons. The molecule has 0 amide bonds. The molecule has 0 aromatic carbocycles. The number of nitrogens with one attached hydrogen (secondary N) is 1. The Morgan fingerprint density at radius 3 is 2.68 bits per heavy atom. The summed E-state index contributed by atoms with van der Waals surface area (Å²) in [6.45, 7) is 4.96. The van der Waals surface area contributed by atoms with Gasteiger partial charge < -0.3 is 15.2 Å². The molecule has 0 atom stereocenters. The van der Waals surface area contributed by atoms with Gasteiger partial charge in [-0.25, -0.2) is 14.8 Å². The molecule has 1 aromatic rings. The number of rotatable bonds is 4. The molecular weight excluding hydrogens is 246 g/mol. The minimum atomic E-state index is -0.985. The molecule has 6 nitrogen and oxygen atoms in total. The summed E-state index contributed by atoms with van der Waals surface area (Å²) in [5, 5.41) is 12.5. The highest BCUT2D eigenvalue weighted by molar-refractivity contribution is 5.82. The van der Waals surface area contributed by atoms with E-state index in [2.05, 4.69) is 15.3 Å². The van der Waals surface area contributed by atoms with Gasteiger partial charge in [-0.2, -0.15) is 0 Å². The molecule has 19 heavy (non-hydrogen) atoms. The Hall–Kier alpha value is -1.69. The largest absolute Gasteiger partial charge is 0.480 e. The molecule has 1 aliphatic rings. The summed E-state index contributed by atoms with van der Waals surface area (Å²) in [5.41, 5.74) is -0.0917. The van der Waals surface area contributed by atoms with Crippen LogP contribution in [0.15, 0.2) is 12.4 Å². The molecule has 0 bridgehead atoms. The fourth-order valence-corrected chi connectivity index (χ4v) is 2.11. The van der Waals surface area contributed by atoms with Gasteiger partial charge in [0, 0.05) is 37.8 Å². The lowest BCUT2D eigenvalue weighted by molar-refractivity contribution is -0.145. The van der Waals surface area contributed by atoms with E-state index in [9.17, 15) is 9.90 Å². The number of carbonyl (C=O) groups is 1. The van der Waals surface area contributed by atoms with Crippen molar-refractivity contribution in [1.82, 2.24) is 9.97 Å². The van der Waals surface area contributed by atoms with Crippen molar-refractivity contribution >= 4 is 11.8 Å². The SMILES string of the molecule is CC(C)c1cc(NC2(C(=O)O)CCOCC2)ncn1. The lowest BCUT2D eigenvalue weighted by atomic mass is 9.90. The Balaban J connectivity index is 2.22. The van der Waals surface area contributed by atoms with Gasteiger partial charge in [0.05, 0.1) is 0 Å². The minimum Gasteiger partial charge on any atom is -0.480 e. The maximum absolute atomic E-state index is 11.5. The van der Waals surface area contributed by atoms with E-state index in [1.807, 2.05) is 19.9 Å². The van der Waals surface area contributed by atoms with Crippen LogP contribution in [0.1, 0.15) is 38.3 Å². The van der Waals surface area contributed by atoms with Crippen molar-refractivity contribution < 1.29 is 14.6 Å². The normalized spacial score (nSPS) is 18.3. The molecular formula is C13H19N3O3. The zero-order chi connectivity index (χ0) is 13.9. The third-order valence-electron chi connectivity index (χ3n) is 3.40. The zero-order valence-electron chi connectivity index (χ0n) is 11.2. The van der Waals surface area contributed by atoms with Crippen LogP contribution >= 0.6 is 0 Å². The number of anilines is 1. The Labute approximate surface area is 112 Å². The molecule has 1 aromatic heterocycles. The molecule has 2 N–H and O–H groups in total. The van der Waals surface area contributed by atoms with Crippen LogP contribution in [0.5, 0.6) is 0 Å². The fraction of sp³-hybridized carbons (Fsp3) is 0.615. The van der Waals surface area contributed by atoms with E-state index >= 15 is 0 Å². The minimum absolute atomic E-state index is 0.277. The van der Waals surface area contributed by atoms with E-state index in [0.717, 1.165) is 5.69 Å². The smallest absolute Gasteiger partial charge is 0.329 e. The molecule has 1 fully saturated rings. The number of ether oxygens (including phenoxy) is 1. The quantitative estimate of drug-likeness (QED) is 0.861. The number of hydrogen-bond donors (Lipinski definition) is 2. The van der Waals surface area contributed by atoms with E-state index in [1.165, 1.54) is 6.33 Å². The van der Waals surface area contributed by atoms with Gasteiger partial charge in [-0.05, 0) is 5.92 Å². The van der Waals surface area contributed by atoms with Gasteiger partial charge in [0.15, 0.2) is 0 Å². The van der Waals surface area contributed by atoms with Crippen molar-refractivity contribution in [2.45, 2.75) is 38.1 Å². The molecule has 1 saturated heterocycles. The second-order valence-corrected chi connectivity index (χ2v) is 5.11. The third kappa shape index (κ3) is 3.01. The van der Waals surface area contributed by atoms with Gasteiger partial charge in [0.1, 0.15) is 17.7 Å². The Morgan fingerprint density at radius 2 is 2.11 bits per heavy atom. The van der Waals surface area contributed by atoms with Gasteiger partial charge in [-0.3, -0.25) is 0 Å². The molecule has 0 radical (unpaired) electrons. The molecule has 6 heteroatoms. The van der Waals surface area contributed by atoms with E-state index in [0.29, 0.717) is 31.9 Å². The molecule has 0 saturated carbocycles. The summed E-state index contributed by atoms with van der Waals surface area (Å²) in [6.07, 6.45) is 2.33. The molecule has 2 heterocycles. The Kier molecular flexibility index (Phi) is 3.99. The third-order valence-corrected chi connectivity index (χ3v) is 3.40. The number of carboxylic acid groups (broad SMARTS) is 1. The van der Waals surface area contributed by atoms with Crippen molar-refractivity contribution in [2.24, 2.45) is 0 Å². The van der Waals surface area contributed by atoms with Gasteiger partial charge in [-0.15, -0.1) is 0 Å². The van der Waals surface area contributed by atoms with Crippen LogP contribution in [0.4, 0.5) is 5.82 Å². The number of aliphatic carboxylic acids is 1. The Morgan fingerprint density at radius 1 is 1.42 bits per heavy atom. The molecule has 0 aliphatic carbocycles. The van der Waals surface area contributed by atoms with Crippen LogP contribution in [0.25, 0.3) is 0 Å². The maximum Gasteiger partial charge on any atom is 0.329 e. The molecule has 2 rings (SSSR count). The number of aromatic nitrogens is 2. The fourth-order valence-electron chi connectivity index (χ4n) is 2.11.